The third kappa shape index (κ3) is 2.87. The van der Waals surface area contributed by atoms with Crippen molar-refractivity contribution in [3.05, 3.63) is 16.1 Å². The van der Waals surface area contributed by atoms with Gasteiger partial charge in [0, 0.05) is 24.7 Å². The first-order chi connectivity index (χ1) is 8.30. The van der Waals surface area contributed by atoms with Crippen molar-refractivity contribution in [2.45, 2.75) is 51.2 Å². The second-order valence-corrected chi connectivity index (χ2v) is 5.79. The van der Waals surface area contributed by atoms with Gasteiger partial charge >= 0.3 is 0 Å². The molecule has 1 saturated carbocycles. The predicted octanol–water partition coefficient (Wildman–Crippen LogP) is 3.06. The molecule has 1 aliphatic rings. The van der Waals surface area contributed by atoms with Crippen molar-refractivity contribution in [3.63, 3.8) is 0 Å². The number of nitrogens with zero attached hydrogens (tertiary/aromatic N) is 1. The van der Waals surface area contributed by atoms with E-state index in [1.54, 1.807) is 11.3 Å². The number of rotatable bonds is 5. The summed E-state index contributed by atoms with van der Waals surface area (Å²) in [6.45, 7) is 4.05. The van der Waals surface area contributed by atoms with Gasteiger partial charge in [0.1, 0.15) is 10.6 Å². The lowest BCUT2D eigenvalue weighted by molar-refractivity contribution is -0.0446. The van der Waals surface area contributed by atoms with Gasteiger partial charge in [0.2, 0.25) is 0 Å². The molecular weight excluding hydrogens is 232 g/mol. The van der Waals surface area contributed by atoms with Gasteiger partial charge in [0.05, 0.1) is 0 Å². The first-order valence-corrected chi connectivity index (χ1v) is 7.33. The Kier molecular flexibility index (Phi) is 4.54. The van der Waals surface area contributed by atoms with E-state index in [1.807, 2.05) is 13.3 Å². The molecule has 1 aromatic heterocycles. The summed E-state index contributed by atoms with van der Waals surface area (Å²) in [6, 6.07) is 0. The van der Waals surface area contributed by atoms with E-state index in [0.29, 0.717) is 0 Å². The zero-order valence-corrected chi connectivity index (χ0v) is 11.6. The van der Waals surface area contributed by atoms with E-state index in [4.69, 9.17) is 4.74 Å². The molecule has 17 heavy (non-hydrogen) atoms. The molecule has 1 aromatic rings. The summed E-state index contributed by atoms with van der Waals surface area (Å²) in [4.78, 5) is 5.90. The number of hydrogen-bond donors (Lipinski definition) is 1. The topological polar surface area (TPSA) is 34.2 Å². The first-order valence-electron chi connectivity index (χ1n) is 6.52. The Hall–Kier alpha value is -0.450. The Morgan fingerprint density at radius 2 is 2.18 bits per heavy atom. The maximum absolute atomic E-state index is 5.81. The Labute approximate surface area is 108 Å². The molecule has 1 fully saturated rings. The normalized spacial score (nSPS) is 19.4. The second-order valence-electron chi connectivity index (χ2n) is 4.67. The van der Waals surface area contributed by atoms with Crippen LogP contribution in [0.15, 0.2) is 6.20 Å². The smallest absolute Gasteiger partial charge is 0.125 e. The molecule has 0 bridgehead atoms. The molecule has 0 aromatic carbocycles. The molecule has 0 spiro atoms. The zero-order valence-electron chi connectivity index (χ0n) is 10.8. The summed E-state index contributed by atoms with van der Waals surface area (Å²) in [5.41, 5.74) is -0.0899. The fourth-order valence-corrected chi connectivity index (χ4v) is 3.58. The van der Waals surface area contributed by atoms with Crippen molar-refractivity contribution >= 4 is 11.3 Å². The van der Waals surface area contributed by atoms with Crippen molar-refractivity contribution < 1.29 is 4.74 Å². The van der Waals surface area contributed by atoms with Crippen LogP contribution in [0.25, 0.3) is 0 Å². The lowest BCUT2D eigenvalue weighted by Crippen LogP contribution is -2.30. The third-order valence-electron chi connectivity index (χ3n) is 3.54. The molecule has 0 aliphatic heterocycles. The van der Waals surface area contributed by atoms with E-state index in [0.717, 1.165) is 25.9 Å². The van der Waals surface area contributed by atoms with Crippen molar-refractivity contribution in [2.24, 2.45) is 0 Å². The Bertz CT molecular complexity index is 345. The standard InChI is InChI=1S/C13H22N2OS/c1-3-14-9-11-10-15-12(17-11)13(16-2)7-5-4-6-8-13/h10,14H,3-9H2,1-2H3. The monoisotopic (exact) mass is 254 g/mol. The van der Waals surface area contributed by atoms with Gasteiger partial charge < -0.3 is 10.1 Å². The summed E-state index contributed by atoms with van der Waals surface area (Å²) in [6.07, 6.45) is 8.10. The minimum Gasteiger partial charge on any atom is -0.371 e. The summed E-state index contributed by atoms with van der Waals surface area (Å²) < 4.78 is 5.81. The van der Waals surface area contributed by atoms with Crippen LogP contribution in [0.1, 0.15) is 48.9 Å². The number of thiazole rings is 1. The molecule has 0 unspecified atom stereocenters. The molecule has 3 nitrogen and oxygen atoms in total. The Morgan fingerprint density at radius 3 is 2.82 bits per heavy atom. The molecule has 0 atom stereocenters. The van der Waals surface area contributed by atoms with Crippen LogP contribution in [0.5, 0.6) is 0 Å². The van der Waals surface area contributed by atoms with Gasteiger partial charge in [0.15, 0.2) is 0 Å². The number of methoxy groups -OCH3 is 1. The highest BCUT2D eigenvalue weighted by molar-refractivity contribution is 7.11. The van der Waals surface area contributed by atoms with Gasteiger partial charge in [-0.15, -0.1) is 11.3 Å². The number of aromatic nitrogens is 1. The first kappa shape index (κ1) is 13.0. The van der Waals surface area contributed by atoms with Crippen LogP contribution in [0.2, 0.25) is 0 Å². The Morgan fingerprint density at radius 1 is 1.41 bits per heavy atom. The summed E-state index contributed by atoms with van der Waals surface area (Å²) in [7, 11) is 1.83. The van der Waals surface area contributed by atoms with Crippen LogP contribution >= 0.6 is 11.3 Å². The maximum Gasteiger partial charge on any atom is 0.125 e. The SMILES string of the molecule is CCNCc1cnc(C2(OC)CCCCC2)s1. The van der Waals surface area contributed by atoms with Crippen LogP contribution in [0.3, 0.4) is 0 Å². The van der Waals surface area contributed by atoms with Crippen molar-refractivity contribution in [3.8, 4) is 0 Å². The average molecular weight is 254 g/mol. The maximum atomic E-state index is 5.81. The highest BCUT2D eigenvalue weighted by Gasteiger charge is 2.36. The predicted molar refractivity (Wildman–Crippen MR) is 71.3 cm³/mol. The fourth-order valence-electron chi connectivity index (χ4n) is 2.48. The van der Waals surface area contributed by atoms with Crippen LogP contribution < -0.4 is 5.32 Å². The zero-order chi connectivity index (χ0) is 12.1. The van der Waals surface area contributed by atoms with Gasteiger partial charge in [-0.05, 0) is 19.4 Å². The summed E-state index contributed by atoms with van der Waals surface area (Å²) in [5.74, 6) is 0. The molecular formula is C13H22N2OS. The second kappa shape index (κ2) is 5.94. The van der Waals surface area contributed by atoms with E-state index in [-0.39, 0.29) is 5.60 Å². The third-order valence-corrected chi connectivity index (χ3v) is 4.73. The number of nitrogens with one attached hydrogen (secondary N) is 1. The van der Waals surface area contributed by atoms with Crippen molar-refractivity contribution in [1.82, 2.24) is 10.3 Å². The fraction of sp³-hybridized carbons (Fsp3) is 0.769. The van der Waals surface area contributed by atoms with Gasteiger partial charge in [-0.3, -0.25) is 0 Å². The molecule has 0 saturated heterocycles. The van der Waals surface area contributed by atoms with Gasteiger partial charge in [-0.1, -0.05) is 26.2 Å². The van der Waals surface area contributed by atoms with Crippen LogP contribution in [0, 0.1) is 0 Å². The molecule has 1 aliphatic carbocycles. The highest BCUT2D eigenvalue weighted by Crippen LogP contribution is 2.41. The summed E-state index contributed by atoms with van der Waals surface area (Å²) >= 11 is 1.80. The molecule has 96 valence electrons. The van der Waals surface area contributed by atoms with E-state index in [2.05, 4.69) is 17.2 Å². The molecule has 2 rings (SSSR count). The van der Waals surface area contributed by atoms with Crippen LogP contribution in [-0.2, 0) is 16.9 Å². The molecule has 0 amide bonds. The lowest BCUT2D eigenvalue weighted by atomic mass is 9.85. The molecule has 4 heteroatoms. The van der Waals surface area contributed by atoms with E-state index in [9.17, 15) is 0 Å². The molecule has 1 N–H and O–H groups in total. The quantitative estimate of drug-likeness (QED) is 0.877. The van der Waals surface area contributed by atoms with Crippen LogP contribution in [-0.4, -0.2) is 18.6 Å². The highest BCUT2D eigenvalue weighted by atomic mass is 32.1. The summed E-state index contributed by atoms with van der Waals surface area (Å²) in [5, 5.41) is 4.51. The van der Waals surface area contributed by atoms with E-state index in [1.165, 1.54) is 29.1 Å². The minimum absolute atomic E-state index is 0.0899. The minimum atomic E-state index is -0.0899. The number of hydrogen-bond acceptors (Lipinski definition) is 4. The van der Waals surface area contributed by atoms with Crippen LogP contribution in [0.4, 0.5) is 0 Å². The molecule has 1 heterocycles. The van der Waals surface area contributed by atoms with Gasteiger partial charge in [-0.2, -0.15) is 0 Å². The van der Waals surface area contributed by atoms with Gasteiger partial charge in [0.25, 0.3) is 0 Å². The molecule has 0 radical (unpaired) electrons. The largest absolute Gasteiger partial charge is 0.371 e. The van der Waals surface area contributed by atoms with Crippen molar-refractivity contribution in [1.29, 1.82) is 0 Å². The number of ether oxygens (including phenoxy) is 1. The van der Waals surface area contributed by atoms with Crippen molar-refractivity contribution in [2.75, 3.05) is 13.7 Å². The average Bonchev–Trinajstić information content (AvgIpc) is 2.86. The lowest BCUT2D eigenvalue weighted by Gasteiger charge is -2.34. The Balaban J connectivity index is 2.10. The van der Waals surface area contributed by atoms with E-state index < -0.39 is 0 Å². The van der Waals surface area contributed by atoms with E-state index >= 15 is 0 Å². The van der Waals surface area contributed by atoms with Gasteiger partial charge in [-0.25, -0.2) is 4.98 Å².